The summed E-state index contributed by atoms with van der Waals surface area (Å²) in [6.45, 7) is 5.19. The number of para-hydroxylation sites is 1. The fourth-order valence-electron chi connectivity index (χ4n) is 4.63. The van der Waals surface area contributed by atoms with Crippen molar-refractivity contribution in [2.45, 2.75) is 37.4 Å². The zero-order valence-electron chi connectivity index (χ0n) is 22.2. The number of likely N-dealkylation sites (N-methyl/N-ethyl adjacent to an activating group) is 1. The molecule has 4 rings (SSSR count). The highest BCUT2D eigenvalue weighted by Crippen LogP contribution is 2.36. The van der Waals surface area contributed by atoms with Crippen molar-refractivity contribution < 1.29 is 23.1 Å². The Kier molecular flexibility index (Phi) is 9.17. The van der Waals surface area contributed by atoms with E-state index in [1.54, 1.807) is 30.0 Å². The molecular formula is C29H34ClN3O5S. The van der Waals surface area contributed by atoms with Gasteiger partial charge >= 0.3 is 0 Å². The molecule has 0 fully saturated rings. The van der Waals surface area contributed by atoms with Crippen molar-refractivity contribution in [2.24, 2.45) is 5.92 Å². The first-order valence-electron chi connectivity index (χ1n) is 12.8. The Morgan fingerprint density at radius 3 is 2.46 bits per heavy atom. The summed E-state index contributed by atoms with van der Waals surface area (Å²) in [4.78, 5) is 17.5. The Morgan fingerprint density at radius 1 is 1.10 bits per heavy atom. The van der Waals surface area contributed by atoms with Crippen molar-refractivity contribution in [3.8, 4) is 5.75 Å². The van der Waals surface area contributed by atoms with Crippen LogP contribution >= 0.6 is 11.6 Å². The number of rotatable bonds is 9. The maximum Gasteiger partial charge on any atom is 0.262 e. The van der Waals surface area contributed by atoms with Crippen molar-refractivity contribution in [1.29, 1.82) is 0 Å². The van der Waals surface area contributed by atoms with Gasteiger partial charge in [0, 0.05) is 30.6 Å². The van der Waals surface area contributed by atoms with Crippen LogP contribution in [0.25, 0.3) is 0 Å². The Hall–Kier alpha value is -3.11. The third-order valence-electron chi connectivity index (χ3n) is 6.85. The molecule has 0 radical (unpaired) electrons. The largest absolute Gasteiger partial charge is 0.486 e. The topological polar surface area (TPSA) is 99.2 Å². The summed E-state index contributed by atoms with van der Waals surface area (Å²) in [5.74, 6) is -0.280. The second-order valence-corrected chi connectivity index (χ2v) is 12.2. The van der Waals surface area contributed by atoms with Gasteiger partial charge in [0.2, 0.25) is 0 Å². The summed E-state index contributed by atoms with van der Waals surface area (Å²) in [5.41, 5.74) is 1.55. The Labute approximate surface area is 235 Å². The molecular weight excluding hydrogens is 538 g/mol. The third kappa shape index (κ3) is 6.91. The van der Waals surface area contributed by atoms with E-state index < -0.39 is 16.1 Å². The predicted molar refractivity (Wildman–Crippen MR) is 153 cm³/mol. The van der Waals surface area contributed by atoms with E-state index in [1.807, 2.05) is 32.2 Å². The van der Waals surface area contributed by atoms with Crippen molar-refractivity contribution in [2.75, 3.05) is 31.5 Å². The number of nitrogens with zero attached hydrogens (tertiary/aromatic N) is 2. The van der Waals surface area contributed by atoms with Crippen molar-refractivity contribution in [1.82, 2.24) is 9.80 Å². The first kappa shape index (κ1) is 28.9. The molecule has 1 amide bonds. The standard InChI is InChI=1S/C29H34ClN3O5S/c1-20-16-33(21(2)19-34)29(35)25-10-7-11-26(31-39(36,37)24-14-12-23(30)13-15-24)28(25)38-27(20)18-32(3)17-22-8-5-4-6-9-22/h4-15,20-21,27,31,34H,16-19H2,1-3H3/t20-,21+,27-/m0/s1. The number of fused-ring (bicyclic) bond motifs is 1. The SMILES string of the molecule is C[C@H](CO)N1C[C@H](C)[C@H](CN(C)Cc2ccccc2)Oc2c(NS(=O)(=O)c3ccc(Cl)cc3)cccc2C1=O. The number of ether oxygens (including phenoxy) is 1. The molecule has 1 aliphatic heterocycles. The second-order valence-electron chi connectivity index (χ2n) is 10.0. The molecule has 0 aromatic heterocycles. The van der Waals surface area contributed by atoms with Gasteiger partial charge in [0.15, 0.2) is 5.75 Å². The van der Waals surface area contributed by atoms with E-state index in [9.17, 15) is 18.3 Å². The molecule has 3 atom stereocenters. The predicted octanol–water partition coefficient (Wildman–Crippen LogP) is 4.49. The number of anilines is 1. The van der Waals surface area contributed by atoms with Crippen LogP contribution in [0, 0.1) is 5.92 Å². The van der Waals surface area contributed by atoms with E-state index in [0.29, 0.717) is 24.7 Å². The molecule has 0 aliphatic carbocycles. The number of hydrogen-bond acceptors (Lipinski definition) is 6. The highest BCUT2D eigenvalue weighted by atomic mass is 35.5. The summed E-state index contributed by atoms with van der Waals surface area (Å²) in [6.07, 6.45) is -0.375. The molecule has 8 nitrogen and oxygen atoms in total. The molecule has 0 bridgehead atoms. The monoisotopic (exact) mass is 571 g/mol. The summed E-state index contributed by atoms with van der Waals surface area (Å²) >= 11 is 5.94. The molecule has 0 saturated heterocycles. The van der Waals surface area contributed by atoms with Crippen LogP contribution in [0.1, 0.15) is 29.8 Å². The van der Waals surface area contributed by atoms with E-state index in [2.05, 4.69) is 21.8 Å². The zero-order valence-corrected chi connectivity index (χ0v) is 23.8. The lowest BCUT2D eigenvalue weighted by atomic mass is 9.99. The minimum atomic E-state index is -4.00. The summed E-state index contributed by atoms with van der Waals surface area (Å²) < 4.78 is 35.6. The number of aliphatic hydroxyl groups excluding tert-OH is 1. The van der Waals surface area contributed by atoms with Crippen LogP contribution in [0.15, 0.2) is 77.7 Å². The molecule has 39 heavy (non-hydrogen) atoms. The van der Waals surface area contributed by atoms with Crippen LogP contribution in [0.2, 0.25) is 5.02 Å². The number of hydrogen-bond donors (Lipinski definition) is 2. The van der Waals surface area contributed by atoms with E-state index in [0.717, 1.165) is 5.56 Å². The number of sulfonamides is 1. The van der Waals surface area contributed by atoms with Crippen LogP contribution in [0.5, 0.6) is 5.75 Å². The Bertz CT molecular complexity index is 1390. The van der Waals surface area contributed by atoms with E-state index >= 15 is 0 Å². The van der Waals surface area contributed by atoms with Crippen LogP contribution in [-0.2, 0) is 16.6 Å². The number of carbonyl (C=O) groups excluding carboxylic acids is 1. The molecule has 10 heteroatoms. The van der Waals surface area contributed by atoms with Gasteiger partial charge in [-0.1, -0.05) is 54.9 Å². The first-order valence-corrected chi connectivity index (χ1v) is 14.7. The van der Waals surface area contributed by atoms with Gasteiger partial charge in [-0.15, -0.1) is 0 Å². The first-order chi connectivity index (χ1) is 18.6. The van der Waals surface area contributed by atoms with Gasteiger partial charge in [0.05, 0.1) is 28.8 Å². The van der Waals surface area contributed by atoms with Gasteiger partial charge in [-0.25, -0.2) is 8.42 Å². The molecule has 1 heterocycles. The van der Waals surface area contributed by atoms with Crippen LogP contribution in [0.4, 0.5) is 5.69 Å². The molecule has 0 saturated carbocycles. The highest BCUT2D eigenvalue weighted by molar-refractivity contribution is 7.92. The maximum atomic E-state index is 13.7. The van der Waals surface area contributed by atoms with Gasteiger partial charge in [-0.2, -0.15) is 0 Å². The average molecular weight is 572 g/mol. The average Bonchev–Trinajstić information content (AvgIpc) is 2.91. The Balaban J connectivity index is 1.71. The van der Waals surface area contributed by atoms with Crippen LogP contribution in [-0.4, -0.2) is 68.1 Å². The van der Waals surface area contributed by atoms with Crippen molar-refractivity contribution in [3.63, 3.8) is 0 Å². The summed E-state index contributed by atoms with van der Waals surface area (Å²) in [7, 11) is -2.00. The summed E-state index contributed by atoms with van der Waals surface area (Å²) in [5, 5.41) is 10.3. The zero-order chi connectivity index (χ0) is 28.2. The summed E-state index contributed by atoms with van der Waals surface area (Å²) in [6, 6.07) is 20.3. The molecule has 0 spiro atoms. The van der Waals surface area contributed by atoms with Crippen molar-refractivity contribution in [3.05, 3.63) is 88.9 Å². The fraction of sp³-hybridized carbons (Fsp3) is 0.345. The smallest absolute Gasteiger partial charge is 0.262 e. The van der Waals surface area contributed by atoms with Crippen molar-refractivity contribution >= 4 is 33.2 Å². The second kappa shape index (κ2) is 12.4. The lowest BCUT2D eigenvalue weighted by Crippen LogP contribution is -2.49. The maximum absolute atomic E-state index is 13.7. The highest BCUT2D eigenvalue weighted by Gasteiger charge is 2.35. The van der Waals surface area contributed by atoms with Gasteiger partial charge < -0.3 is 14.7 Å². The quantitative estimate of drug-likeness (QED) is 0.392. The fourth-order valence-corrected chi connectivity index (χ4v) is 5.81. The number of benzene rings is 3. The van der Waals surface area contributed by atoms with Gasteiger partial charge in [-0.3, -0.25) is 14.4 Å². The van der Waals surface area contributed by atoms with Gasteiger partial charge in [0.1, 0.15) is 6.10 Å². The van der Waals surface area contributed by atoms with Crippen LogP contribution in [0.3, 0.4) is 0 Å². The number of carbonyl (C=O) groups is 1. The molecule has 3 aromatic rings. The number of amides is 1. The molecule has 0 unspecified atom stereocenters. The van der Waals surface area contributed by atoms with Gasteiger partial charge in [-0.05, 0) is 55.9 Å². The third-order valence-corrected chi connectivity index (χ3v) is 8.48. The molecule has 208 valence electrons. The van der Waals surface area contributed by atoms with Gasteiger partial charge in [0.25, 0.3) is 15.9 Å². The molecule has 1 aliphatic rings. The Morgan fingerprint density at radius 2 is 1.79 bits per heavy atom. The normalized spacial score (nSPS) is 18.6. The minimum absolute atomic E-state index is 0.0321. The number of nitrogens with one attached hydrogen (secondary N) is 1. The lowest BCUT2D eigenvalue weighted by molar-refractivity contribution is 0.0344. The van der Waals surface area contributed by atoms with E-state index in [-0.39, 0.29) is 46.4 Å². The van der Waals surface area contributed by atoms with E-state index in [1.165, 1.54) is 24.3 Å². The minimum Gasteiger partial charge on any atom is -0.486 e. The number of aliphatic hydroxyl groups is 1. The molecule has 3 aromatic carbocycles. The van der Waals surface area contributed by atoms with Crippen LogP contribution < -0.4 is 9.46 Å². The number of halogens is 1. The lowest BCUT2D eigenvalue weighted by Gasteiger charge is -2.38. The van der Waals surface area contributed by atoms with E-state index in [4.69, 9.17) is 16.3 Å². The molecule has 2 N–H and O–H groups in total.